The Bertz CT molecular complexity index is 339. The molecule has 1 heterocycles. The largest absolute Gasteiger partial charge is 0.381 e. The van der Waals surface area contributed by atoms with E-state index >= 15 is 0 Å². The van der Waals surface area contributed by atoms with Gasteiger partial charge in [-0.2, -0.15) is 5.10 Å². The Balaban J connectivity index is 2.46. The average Bonchev–Trinajstić information content (AvgIpc) is 2.29. The number of hydrogen-bond acceptors (Lipinski definition) is 2. The summed E-state index contributed by atoms with van der Waals surface area (Å²) >= 11 is 0. The van der Waals surface area contributed by atoms with Crippen molar-refractivity contribution in [3.8, 4) is 0 Å². The van der Waals surface area contributed by atoms with Gasteiger partial charge in [-0.05, 0) is 12.8 Å². The van der Waals surface area contributed by atoms with Crippen molar-refractivity contribution in [3.63, 3.8) is 0 Å². The predicted octanol–water partition coefficient (Wildman–Crippen LogP) is 1.58. The Hall–Kier alpha value is -1.06. The fraction of sp³-hybridized carbons (Fsp3) is 0.667. The zero-order chi connectivity index (χ0) is 9.64. The second kappa shape index (κ2) is 2.47. The maximum atomic E-state index is 13.5. The lowest BCUT2D eigenvalue weighted by atomic mass is 9.68. The van der Waals surface area contributed by atoms with Crippen LogP contribution in [0, 0.1) is 5.82 Å². The molecule has 2 rings (SSSR count). The molecule has 2 N–H and O–H groups in total. The van der Waals surface area contributed by atoms with Crippen molar-refractivity contribution in [2.75, 3.05) is 5.73 Å². The molecule has 1 aliphatic carbocycles. The van der Waals surface area contributed by atoms with E-state index in [1.54, 1.807) is 7.05 Å². The number of nitrogens with two attached hydrogens (primary N) is 1. The van der Waals surface area contributed by atoms with E-state index in [1.165, 1.54) is 4.68 Å². The van der Waals surface area contributed by atoms with Gasteiger partial charge >= 0.3 is 0 Å². The second-order valence-corrected chi connectivity index (χ2v) is 4.09. The SMILES string of the molecule is Cn1nc(C2(C)CCC2)c(F)c1N. The van der Waals surface area contributed by atoms with Crippen LogP contribution >= 0.6 is 0 Å². The molecule has 1 aliphatic rings. The van der Waals surface area contributed by atoms with Crippen molar-refractivity contribution in [2.24, 2.45) is 7.05 Å². The minimum absolute atomic E-state index is 0.0700. The predicted molar refractivity (Wildman–Crippen MR) is 48.8 cm³/mol. The highest BCUT2D eigenvalue weighted by molar-refractivity contribution is 5.37. The number of rotatable bonds is 1. The van der Waals surface area contributed by atoms with Crippen molar-refractivity contribution >= 4 is 5.82 Å². The normalized spacial score (nSPS) is 19.9. The van der Waals surface area contributed by atoms with Gasteiger partial charge in [-0.25, -0.2) is 4.39 Å². The van der Waals surface area contributed by atoms with Gasteiger partial charge in [0.1, 0.15) is 5.69 Å². The first-order chi connectivity index (χ1) is 6.04. The molecule has 1 saturated carbocycles. The monoisotopic (exact) mass is 183 g/mol. The molecule has 0 saturated heterocycles. The summed E-state index contributed by atoms with van der Waals surface area (Å²) in [5, 5.41) is 4.12. The quantitative estimate of drug-likeness (QED) is 0.718. The Morgan fingerprint density at radius 1 is 1.54 bits per heavy atom. The van der Waals surface area contributed by atoms with Gasteiger partial charge in [0.05, 0.1) is 0 Å². The van der Waals surface area contributed by atoms with Gasteiger partial charge in [-0.3, -0.25) is 4.68 Å². The van der Waals surface area contributed by atoms with Crippen LogP contribution in [0.5, 0.6) is 0 Å². The molecular weight excluding hydrogens is 169 g/mol. The minimum atomic E-state index is -0.329. The lowest BCUT2D eigenvalue weighted by Crippen LogP contribution is -2.31. The molecule has 0 unspecified atom stereocenters. The Morgan fingerprint density at radius 2 is 2.15 bits per heavy atom. The number of halogens is 1. The first-order valence-electron chi connectivity index (χ1n) is 4.53. The maximum Gasteiger partial charge on any atom is 0.188 e. The molecule has 0 aromatic carbocycles. The third-order valence-corrected chi connectivity index (χ3v) is 3.06. The zero-order valence-corrected chi connectivity index (χ0v) is 7.97. The van der Waals surface area contributed by atoms with Crippen molar-refractivity contribution in [1.29, 1.82) is 0 Å². The number of nitrogen functional groups attached to an aromatic ring is 1. The van der Waals surface area contributed by atoms with Crippen molar-refractivity contribution in [1.82, 2.24) is 9.78 Å². The Morgan fingerprint density at radius 3 is 2.46 bits per heavy atom. The van der Waals surface area contributed by atoms with Gasteiger partial charge in [0.15, 0.2) is 11.6 Å². The molecule has 0 aliphatic heterocycles. The van der Waals surface area contributed by atoms with E-state index in [0.717, 1.165) is 19.3 Å². The fourth-order valence-electron chi connectivity index (χ4n) is 1.84. The third-order valence-electron chi connectivity index (χ3n) is 3.06. The van der Waals surface area contributed by atoms with E-state index in [-0.39, 0.29) is 17.1 Å². The van der Waals surface area contributed by atoms with Crippen LogP contribution in [0.1, 0.15) is 31.9 Å². The van der Waals surface area contributed by atoms with E-state index in [9.17, 15) is 4.39 Å². The van der Waals surface area contributed by atoms with E-state index in [1.807, 2.05) is 6.92 Å². The third kappa shape index (κ3) is 1.04. The molecule has 0 amide bonds. The van der Waals surface area contributed by atoms with E-state index in [0.29, 0.717) is 5.69 Å². The van der Waals surface area contributed by atoms with Gasteiger partial charge in [0.25, 0.3) is 0 Å². The van der Waals surface area contributed by atoms with Gasteiger partial charge in [-0.1, -0.05) is 13.3 Å². The number of anilines is 1. The van der Waals surface area contributed by atoms with Crippen molar-refractivity contribution in [3.05, 3.63) is 11.5 Å². The highest BCUT2D eigenvalue weighted by Gasteiger charge is 2.39. The summed E-state index contributed by atoms with van der Waals surface area (Å²) in [4.78, 5) is 0. The molecule has 0 spiro atoms. The number of nitrogens with zero attached hydrogens (tertiary/aromatic N) is 2. The highest BCUT2D eigenvalue weighted by atomic mass is 19.1. The summed E-state index contributed by atoms with van der Waals surface area (Å²) in [5.41, 5.74) is 5.97. The van der Waals surface area contributed by atoms with Crippen molar-refractivity contribution < 1.29 is 4.39 Å². The molecule has 13 heavy (non-hydrogen) atoms. The fourth-order valence-corrected chi connectivity index (χ4v) is 1.84. The average molecular weight is 183 g/mol. The van der Waals surface area contributed by atoms with Gasteiger partial charge < -0.3 is 5.73 Å². The summed E-state index contributed by atoms with van der Waals surface area (Å²) in [7, 11) is 1.67. The molecule has 3 nitrogen and oxygen atoms in total. The van der Waals surface area contributed by atoms with Crippen molar-refractivity contribution in [2.45, 2.75) is 31.6 Å². The molecule has 72 valence electrons. The lowest BCUT2D eigenvalue weighted by molar-refractivity contribution is 0.254. The summed E-state index contributed by atoms with van der Waals surface area (Å²) in [6.07, 6.45) is 3.19. The smallest absolute Gasteiger partial charge is 0.188 e. The molecule has 0 atom stereocenters. The van der Waals surface area contributed by atoms with Crippen LogP contribution in [0.15, 0.2) is 0 Å². The summed E-state index contributed by atoms with van der Waals surface area (Å²) in [6, 6.07) is 0. The van der Waals surface area contributed by atoms with Crippen LogP contribution in [-0.4, -0.2) is 9.78 Å². The summed E-state index contributed by atoms with van der Waals surface area (Å²) in [5.74, 6) is -0.187. The van der Waals surface area contributed by atoms with Crippen LogP contribution in [0.3, 0.4) is 0 Å². The maximum absolute atomic E-state index is 13.5. The molecule has 4 heteroatoms. The van der Waals surface area contributed by atoms with Crippen LogP contribution in [0.4, 0.5) is 10.2 Å². The van der Waals surface area contributed by atoms with E-state index in [2.05, 4.69) is 5.10 Å². The number of aryl methyl sites for hydroxylation is 1. The summed E-state index contributed by atoms with van der Waals surface area (Å²) in [6.45, 7) is 2.04. The Kier molecular flexibility index (Phi) is 1.62. The Labute approximate surface area is 76.7 Å². The molecule has 1 fully saturated rings. The van der Waals surface area contributed by atoms with E-state index in [4.69, 9.17) is 5.73 Å². The minimum Gasteiger partial charge on any atom is -0.381 e. The van der Waals surface area contributed by atoms with E-state index < -0.39 is 0 Å². The molecule has 1 aromatic heterocycles. The lowest BCUT2D eigenvalue weighted by Gasteiger charge is -2.36. The highest BCUT2D eigenvalue weighted by Crippen LogP contribution is 2.44. The van der Waals surface area contributed by atoms with Crippen LogP contribution < -0.4 is 5.73 Å². The molecule has 1 aromatic rings. The van der Waals surface area contributed by atoms with Gasteiger partial charge in [0.2, 0.25) is 0 Å². The summed E-state index contributed by atoms with van der Waals surface area (Å²) < 4.78 is 14.9. The first kappa shape index (κ1) is 8.53. The number of aromatic nitrogens is 2. The van der Waals surface area contributed by atoms with Crippen LogP contribution in [0.2, 0.25) is 0 Å². The second-order valence-electron chi connectivity index (χ2n) is 4.09. The first-order valence-corrected chi connectivity index (χ1v) is 4.53. The number of hydrogen-bond donors (Lipinski definition) is 1. The molecule has 0 radical (unpaired) electrons. The van der Waals surface area contributed by atoms with Gasteiger partial charge in [0, 0.05) is 12.5 Å². The van der Waals surface area contributed by atoms with Crippen LogP contribution in [-0.2, 0) is 12.5 Å². The standard InChI is InChI=1S/C9H14FN3/c1-9(4-3-5-9)7-6(10)8(11)13(2)12-7/h3-5,11H2,1-2H3. The van der Waals surface area contributed by atoms with Crippen LogP contribution in [0.25, 0.3) is 0 Å². The molecule has 0 bridgehead atoms. The zero-order valence-electron chi connectivity index (χ0n) is 7.97. The molecular formula is C9H14FN3. The van der Waals surface area contributed by atoms with Gasteiger partial charge in [-0.15, -0.1) is 0 Å². The topological polar surface area (TPSA) is 43.8 Å².